The third-order valence-electron chi connectivity index (χ3n) is 3.79. The molecule has 1 saturated heterocycles. The Bertz CT molecular complexity index is 522. The van der Waals surface area contributed by atoms with Crippen LogP contribution < -0.4 is 4.74 Å². The van der Waals surface area contributed by atoms with E-state index in [1.165, 1.54) is 0 Å². The van der Waals surface area contributed by atoms with Gasteiger partial charge in [-0.05, 0) is 25.0 Å². The standard InChI is InChI=1S/C16H21F2NO3/c1-12-5-2-3-6-14(12)22-8-4-7-15(21)19-11-16(17,18)9-13(19)10-20/h2-3,5-6,13,20H,4,7-11H2,1H3. The molecule has 1 N–H and O–H groups in total. The summed E-state index contributed by atoms with van der Waals surface area (Å²) in [6.45, 7) is 1.25. The number of hydrogen-bond donors (Lipinski definition) is 1. The Morgan fingerprint density at radius 1 is 1.45 bits per heavy atom. The number of carbonyl (C=O) groups excluding carboxylic acids is 1. The number of hydrogen-bond acceptors (Lipinski definition) is 3. The van der Waals surface area contributed by atoms with Crippen LogP contribution in [0.4, 0.5) is 8.78 Å². The predicted molar refractivity (Wildman–Crippen MR) is 78.1 cm³/mol. The summed E-state index contributed by atoms with van der Waals surface area (Å²) < 4.78 is 32.2. The summed E-state index contributed by atoms with van der Waals surface area (Å²) in [7, 11) is 0. The first kappa shape index (κ1) is 16.7. The number of para-hydroxylation sites is 1. The van der Waals surface area contributed by atoms with Crippen LogP contribution in [0, 0.1) is 6.92 Å². The second-order valence-corrected chi connectivity index (χ2v) is 5.64. The van der Waals surface area contributed by atoms with E-state index in [-0.39, 0.29) is 12.3 Å². The summed E-state index contributed by atoms with van der Waals surface area (Å²) in [6, 6.07) is 6.78. The van der Waals surface area contributed by atoms with E-state index in [1.54, 1.807) is 0 Å². The smallest absolute Gasteiger partial charge is 0.267 e. The van der Waals surface area contributed by atoms with Gasteiger partial charge < -0.3 is 14.7 Å². The van der Waals surface area contributed by atoms with Gasteiger partial charge in [-0.2, -0.15) is 0 Å². The zero-order valence-corrected chi connectivity index (χ0v) is 12.6. The molecule has 6 heteroatoms. The number of nitrogens with zero attached hydrogens (tertiary/aromatic N) is 1. The van der Waals surface area contributed by atoms with Crippen molar-refractivity contribution in [1.29, 1.82) is 0 Å². The molecule has 0 saturated carbocycles. The lowest BCUT2D eigenvalue weighted by atomic mass is 10.2. The Balaban J connectivity index is 1.77. The van der Waals surface area contributed by atoms with Crippen LogP contribution in [0.1, 0.15) is 24.8 Å². The molecule has 4 nitrogen and oxygen atoms in total. The summed E-state index contributed by atoms with van der Waals surface area (Å²) in [6.07, 6.45) is 0.126. The minimum atomic E-state index is -2.90. The molecule has 0 aromatic heterocycles. The average Bonchev–Trinajstić information content (AvgIpc) is 2.80. The van der Waals surface area contributed by atoms with Gasteiger partial charge in [0.15, 0.2) is 0 Å². The fourth-order valence-electron chi connectivity index (χ4n) is 2.62. The van der Waals surface area contributed by atoms with E-state index in [2.05, 4.69) is 0 Å². The number of aryl methyl sites for hydroxylation is 1. The van der Waals surface area contributed by atoms with Crippen LogP contribution in [0.2, 0.25) is 0 Å². The highest BCUT2D eigenvalue weighted by molar-refractivity contribution is 5.77. The molecule has 0 spiro atoms. The zero-order valence-electron chi connectivity index (χ0n) is 12.6. The summed E-state index contributed by atoms with van der Waals surface area (Å²) in [4.78, 5) is 13.1. The van der Waals surface area contributed by atoms with E-state index in [0.717, 1.165) is 16.2 Å². The number of amides is 1. The molecular formula is C16H21F2NO3. The van der Waals surface area contributed by atoms with E-state index in [0.29, 0.717) is 13.0 Å². The first-order valence-corrected chi connectivity index (χ1v) is 7.39. The van der Waals surface area contributed by atoms with Crippen molar-refractivity contribution in [2.45, 2.75) is 38.2 Å². The van der Waals surface area contributed by atoms with Crippen LogP contribution in [0.5, 0.6) is 5.75 Å². The lowest BCUT2D eigenvalue weighted by Gasteiger charge is -2.22. The van der Waals surface area contributed by atoms with Crippen molar-refractivity contribution in [3.63, 3.8) is 0 Å². The Morgan fingerprint density at radius 2 is 2.18 bits per heavy atom. The van der Waals surface area contributed by atoms with Crippen molar-refractivity contribution in [3.8, 4) is 5.75 Å². The summed E-state index contributed by atoms with van der Waals surface area (Å²) in [5.74, 6) is -2.50. The van der Waals surface area contributed by atoms with Gasteiger partial charge in [-0.1, -0.05) is 18.2 Å². The molecule has 0 bridgehead atoms. The molecule has 122 valence electrons. The molecule has 0 aliphatic carbocycles. The van der Waals surface area contributed by atoms with E-state index in [4.69, 9.17) is 9.84 Å². The predicted octanol–water partition coefficient (Wildman–Crippen LogP) is 2.38. The molecule has 1 aromatic rings. The number of alkyl halides is 2. The maximum Gasteiger partial charge on any atom is 0.267 e. The van der Waals surface area contributed by atoms with E-state index < -0.39 is 31.5 Å². The second kappa shape index (κ2) is 7.05. The van der Waals surface area contributed by atoms with Gasteiger partial charge in [-0.15, -0.1) is 0 Å². The molecule has 1 atom stereocenters. The maximum atomic E-state index is 13.3. The Kier molecular flexibility index (Phi) is 5.34. The second-order valence-electron chi connectivity index (χ2n) is 5.64. The van der Waals surface area contributed by atoms with Crippen LogP contribution >= 0.6 is 0 Å². The average molecular weight is 313 g/mol. The number of aliphatic hydroxyl groups excluding tert-OH is 1. The SMILES string of the molecule is Cc1ccccc1OCCCC(=O)N1CC(F)(F)CC1CO. The monoisotopic (exact) mass is 313 g/mol. The molecule has 1 fully saturated rings. The van der Waals surface area contributed by atoms with Gasteiger partial charge in [0.2, 0.25) is 5.91 Å². The van der Waals surface area contributed by atoms with Crippen molar-refractivity contribution in [3.05, 3.63) is 29.8 Å². The fraction of sp³-hybridized carbons (Fsp3) is 0.562. The van der Waals surface area contributed by atoms with Crippen molar-refractivity contribution in [2.75, 3.05) is 19.8 Å². The lowest BCUT2D eigenvalue weighted by molar-refractivity contribution is -0.134. The van der Waals surface area contributed by atoms with Gasteiger partial charge in [0.05, 0.1) is 25.8 Å². The number of rotatable bonds is 6. The minimum absolute atomic E-state index is 0.137. The van der Waals surface area contributed by atoms with Crippen LogP contribution in [0.15, 0.2) is 24.3 Å². The van der Waals surface area contributed by atoms with Gasteiger partial charge in [0, 0.05) is 12.8 Å². The highest BCUT2D eigenvalue weighted by Crippen LogP contribution is 2.32. The van der Waals surface area contributed by atoms with Gasteiger partial charge in [-0.3, -0.25) is 4.79 Å². The lowest BCUT2D eigenvalue weighted by Crippen LogP contribution is -2.38. The topological polar surface area (TPSA) is 49.8 Å². The number of halogens is 2. The highest BCUT2D eigenvalue weighted by atomic mass is 19.3. The van der Waals surface area contributed by atoms with Crippen LogP contribution in [0.3, 0.4) is 0 Å². The van der Waals surface area contributed by atoms with Crippen LogP contribution in [-0.2, 0) is 4.79 Å². The van der Waals surface area contributed by atoms with Crippen molar-refractivity contribution >= 4 is 5.91 Å². The van der Waals surface area contributed by atoms with E-state index >= 15 is 0 Å². The van der Waals surface area contributed by atoms with Gasteiger partial charge in [-0.25, -0.2) is 8.78 Å². The number of ether oxygens (including phenoxy) is 1. The number of carbonyl (C=O) groups is 1. The number of likely N-dealkylation sites (tertiary alicyclic amines) is 1. The molecule has 2 rings (SSSR count). The number of aliphatic hydroxyl groups is 1. The highest BCUT2D eigenvalue weighted by Gasteiger charge is 2.46. The zero-order chi connectivity index (χ0) is 16.2. The quantitative estimate of drug-likeness (QED) is 0.820. The third-order valence-corrected chi connectivity index (χ3v) is 3.79. The van der Waals surface area contributed by atoms with Gasteiger partial charge in [0.1, 0.15) is 5.75 Å². The largest absolute Gasteiger partial charge is 0.493 e. The van der Waals surface area contributed by atoms with E-state index in [1.807, 2.05) is 31.2 Å². The van der Waals surface area contributed by atoms with Gasteiger partial charge in [0.25, 0.3) is 5.92 Å². The summed E-state index contributed by atoms with van der Waals surface area (Å²) in [5, 5.41) is 9.12. The normalized spacial score (nSPS) is 20.2. The fourth-order valence-corrected chi connectivity index (χ4v) is 2.62. The maximum absolute atomic E-state index is 13.3. The Labute approximate surface area is 128 Å². The summed E-state index contributed by atoms with van der Waals surface area (Å²) in [5.41, 5.74) is 1.01. The molecule has 1 unspecified atom stereocenters. The first-order valence-electron chi connectivity index (χ1n) is 7.39. The molecular weight excluding hydrogens is 292 g/mol. The molecule has 1 aliphatic rings. The molecule has 0 radical (unpaired) electrons. The van der Waals surface area contributed by atoms with Gasteiger partial charge >= 0.3 is 0 Å². The molecule has 22 heavy (non-hydrogen) atoms. The Morgan fingerprint density at radius 3 is 2.86 bits per heavy atom. The first-order chi connectivity index (χ1) is 10.4. The van der Waals surface area contributed by atoms with Crippen LogP contribution in [-0.4, -0.2) is 47.6 Å². The van der Waals surface area contributed by atoms with Crippen molar-refractivity contribution in [1.82, 2.24) is 4.90 Å². The molecule has 1 aliphatic heterocycles. The van der Waals surface area contributed by atoms with Crippen molar-refractivity contribution < 1.29 is 23.4 Å². The molecule has 1 amide bonds. The molecule has 1 heterocycles. The summed E-state index contributed by atoms with van der Waals surface area (Å²) >= 11 is 0. The van der Waals surface area contributed by atoms with E-state index in [9.17, 15) is 13.6 Å². The Hall–Kier alpha value is -1.69. The minimum Gasteiger partial charge on any atom is -0.493 e. The van der Waals surface area contributed by atoms with Crippen molar-refractivity contribution in [2.24, 2.45) is 0 Å². The third kappa shape index (κ3) is 4.16. The molecule has 1 aromatic carbocycles. The number of benzene rings is 1. The van der Waals surface area contributed by atoms with Crippen LogP contribution in [0.25, 0.3) is 0 Å².